The molecule has 0 radical (unpaired) electrons. The second-order valence-corrected chi connectivity index (χ2v) is 9.77. The molecule has 0 spiro atoms. The third-order valence-corrected chi connectivity index (χ3v) is 7.61. The van der Waals surface area contributed by atoms with Gasteiger partial charge in [0.2, 0.25) is 15.9 Å². The lowest BCUT2D eigenvalue weighted by Crippen LogP contribution is -2.44. The number of amides is 1. The van der Waals surface area contributed by atoms with E-state index in [0.717, 1.165) is 45.2 Å². The highest BCUT2D eigenvalue weighted by Crippen LogP contribution is 2.44. The van der Waals surface area contributed by atoms with Gasteiger partial charge in [-0.2, -0.15) is 0 Å². The molecule has 2 atom stereocenters. The van der Waals surface area contributed by atoms with Crippen LogP contribution in [-0.4, -0.2) is 34.0 Å². The first-order chi connectivity index (χ1) is 12.5. The van der Waals surface area contributed by atoms with Crippen molar-refractivity contribution in [3.63, 3.8) is 0 Å². The number of rotatable bonds is 6. The molecule has 1 heterocycles. The van der Waals surface area contributed by atoms with Crippen molar-refractivity contribution in [2.24, 2.45) is 17.3 Å². The summed E-state index contributed by atoms with van der Waals surface area (Å²) in [7, 11) is -3.47. The lowest BCUT2D eigenvalue weighted by molar-refractivity contribution is -0.128. The average Bonchev–Trinajstić information content (AvgIpc) is 3.37. The van der Waals surface area contributed by atoms with Crippen molar-refractivity contribution in [2.75, 3.05) is 25.0 Å². The topological polar surface area (TPSA) is 87.3 Å². The van der Waals surface area contributed by atoms with Gasteiger partial charge in [0.05, 0.1) is 10.3 Å². The van der Waals surface area contributed by atoms with Crippen LogP contribution in [0, 0.1) is 17.3 Å². The van der Waals surface area contributed by atoms with Crippen molar-refractivity contribution in [1.29, 1.82) is 0 Å². The van der Waals surface area contributed by atoms with E-state index in [0.29, 0.717) is 24.1 Å². The van der Waals surface area contributed by atoms with Gasteiger partial charge in [-0.05, 0) is 68.3 Å². The molecule has 1 aromatic rings. The van der Waals surface area contributed by atoms with Gasteiger partial charge in [0.15, 0.2) is 0 Å². The standard InChI is InChI=1S/C19H27N3O3S.ClH/c23-18(19-10-2-1-3-15(19)12-20-13-19)22-16-6-8-17(9-7-16)26(24,25)21-11-14-4-5-14;/h6-9,14-15,20-21H,1-5,10-13H2,(H,22,23);1H/t15-,19+;/m0./s1. The Morgan fingerprint density at radius 1 is 1.15 bits per heavy atom. The summed E-state index contributed by atoms with van der Waals surface area (Å²) >= 11 is 0. The van der Waals surface area contributed by atoms with E-state index in [2.05, 4.69) is 15.4 Å². The second kappa shape index (κ2) is 8.07. The highest BCUT2D eigenvalue weighted by molar-refractivity contribution is 7.89. The molecule has 3 N–H and O–H groups in total. The van der Waals surface area contributed by atoms with Gasteiger partial charge < -0.3 is 10.6 Å². The van der Waals surface area contributed by atoms with Crippen LogP contribution in [0.15, 0.2) is 29.2 Å². The molecule has 0 aromatic heterocycles. The van der Waals surface area contributed by atoms with Crippen molar-refractivity contribution >= 4 is 34.0 Å². The summed E-state index contributed by atoms with van der Waals surface area (Å²) in [5.41, 5.74) is 0.344. The van der Waals surface area contributed by atoms with Crippen molar-refractivity contribution in [3.05, 3.63) is 24.3 Å². The van der Waals surface area contributed by atoms with E-state index >= 15 is 0 Å². The zero-order valence-electron chi connectivity index (χ0n) is 15.4. The molecule has 1 aromatic carbocycles. The third kappa shape index (κ3) is 4.31. The molecular formula is C19H28ClN3O3S. The lowest BCUT2D eigenvalue weighted by atomic mass is 9.67. The Morgan fingerprint density at radius 2 is 1.89 bits per heavy atom. The summed E-state index contributed by atoms with van der Waals surface area (Å²) in [4.78, 5) is 13.2. The number of hydrogen-bond donors (Lipinski definition) is 3. The molecule has 2 aliphatic carbocycles. The zero-order chi connectivity index (χ0) is 18.2. The predicted molar refractivity (Wildman–Crippen MR) is 107 cm³/mol. The van der Waals surface area contributed by atoms with Gasteiger partial charge in [-0.3, -0.25) is 4.79 Å². The molecule has 6 nitrogen and oxygen atoms in total. The molecule has 150 valence electrons. The Labute approximate surface area is 167 Å². The molecule has 3 aliphatic rings. The average molecular weight is 414 g/mol. The minimum Gasteiger partial charge on any atom is -0.326 e. The van der Waals surface area contributed by atoms with Gasteiger partial charge in [0.1, 0.15) is 0 Å². The molecule has 1 aliphatic heterocycles. The minimum absolute atomic E-state index is 0. The molecule has 0 bridgehead atoms. The number of anilines is 1. The number of halogens is 1. The molecule has 27 heavy (non-hydrogen) atoms. The van der Waals surface area contributed by atoms with E-state index in [1.165, 1.54) is 6.42 Å². The molecule has 8 heteroatoms. The van der Waals surface area contributed by atoms with Crippen LogP contribution in [0.4, 0.5) is 5.69 Å². The number of sulfonamides is 1. The molecule has 0 unspecified atom stereocenters. The monoisotopic (exact) mass is 413 g/mol. The summed E-state index contributed by atoms with van der Waals surface area (Å²) in [5.74, 6) is 0.961. The van der Waals surface area contributed by atoms with Gasteiger partial charge in [-0.25, -0.2) is 13.1 Å². The predicted octanol–water partition coefficient (Wildman–Crippen LogP) is 2.52. The van der Waals surface area contributed by atoms with Gasteiger partial charge in [-0.1, -0.05) is 12.8 Å². The van der Waals surface area contributed by atoms with E-state index in [-0.39, 0.29) is 28.6 Å². The zero-order valence-corrected chi connectivity index (χ0v) is 17.0. The summed E-state index contributed by atoms with van der Waals surface area (Å²) in [6.45, 7) is 2.16. The Balaban J connectivity index is 0.00000210. The maximum Gasteiger partial charge on any atom is 0.240 e. The lowest BCUT2D eigenvalue weighted by Gasteiger charge is -2.37. The SMILES string of the molecule is Cl.O=C(Nc1ccc(S(=O)(=O)NCC2CC2)cc1)[C@@]12CCCC[C@H]1CNC2. The number of benzene rings is 1. The van der Waals surface area contributed by atoms with E-state index in [1.54, 1.807) is 24.3 Å². The fourth-order valence-electron chi connectivity index (χ4n) is 4.30. The highest BCUT2D eigenvalue weighted by atomic mass is 35.5. The van der Waals surface area contributed by atoms with Crippen molar-refractivity contribution in [2.45, 2.75) is 43.4 Å². The van der Waals surface area contributed by atoms with Crippen LogP contribution in [0.2, 0.25) is 0 Å². The van der Waals surface area contributed by atoms with Gasteiger partial charge in [-0.15, -0.1) is 12.4 Å². The van der Waals surface area contributed by atoms with Crippen molar-refractivity contribution < 1.29 is 13.2 Å². The van der Waals surface area contributed by atoms with Crippen LogP contribution in [0.3, 0.4) is 0 Å². The van der Waals surface area contributed by atoms with Crippen LogP contribution >= 0.6 is 12.4 Å². The molecular weight excluding hydrogens is 386 g/mol. The first-order valence-electron chi connectivity index (χ1n) is 9.61. The highest BCUT2D eigenvalue weighted by Gasteiger charge is 2.49. The normalized spacial score (nSPS) is 27.5. The Morgan fingerprint density at radius 3 is 2.59 bits per heavy atom. The number of hydrogen-bond acceptors (Lipinski definition) is 4. The Kier molecular flexibility index (Phi) is 6.15. The first kappa shape index (κ1) is 20.6. The Hall–Kier alpha value is -1.15. The molecule has 1 saturated heterocycles. The van der Waals surface area contributed by atoms with E-state index in [4.69, 9.17) is 0 Å². The number of carbonyl (C=O) groups excluding carboxylic acids is 1. The second-order valence-electron chi connectivity index (χ2n) is 8.00. The summed E-state index contributed by atoms with van der Waals surface area (Å²) in [5, 5.41) is 6.40. The van der Waals surface area contributed by atoms with Gasteiger partial charge in [0, 0.05) is 18.8 Å². The first-order valence-corrected chi connectivity index (χ1v) is 11.1. The fourth-order valence-corrected chi connectivity index (χ4v) is 5.41. The smallest absolute Gasteiger partial charge is 0.240 e. The quantitative estimate of drug-likeness (QED) is 0.668. The summed E-state index contributed by atoms with van der Waals surface area (Å²) in [6, 6.07) is 6.49. The summed E-state index contributed by atoms with van der Waals surface area (Å²) in [6.07, 6.45) is 6.52. The molecule has 2 saturated carbocycles. The van der Waals surface area contributed by atoms with E-state index < -0.39 is 10.0 Å². The number of fused-ring (bicyclic) bond motifs is 1. The summed E-state index contributed by atoms with van der Waals surface area (Å²) < 4.78 is 27.2. The van der Waals surface area contributed by atoms with Gasteiger partial charge in [0.25, 0.3) is 0 Å². The van der Waals surface area contributed by atoms with Gasteiger partial charge >= 0.3 is 0 Å². The van der Waals surface area contributed by atoms with Crippen LogP contribution < -0.4 is 15.4 Å². The molecule has 3 fully saturated rings. The van der Waals surface area contributed by atoms with E-state index in [1.807, 2.05) is 0 Å². The maximum absolute atomic E-state index is 13.0. The van der Waals surface area contributed by atoms with Crippen LogP contribution in [-0.2, 0) is 14.8 Å². The van der Waals surface area contributed by atoms with Crippen LogP contribution in [0.25, 0.3) is 0 Å². The minimum atomic E-state index is -3.47. The van der Waals surface area contributed by atoms with E-state index in [9.17, 15) is 13.2 Å². The van der Waals surface area contributed by atoms with Crippen LogP contribution in [0.5, 0.6) is 0 Å². The van der Waals surface area contributed by atoms with Crippen molar-refractivity contribution in [1.82, 2.24) is 10.0 Å². The number of carbonyl (C=O) groups is 1. The third-order valence-electron chi connectivity index (χ3n) is 6.17. The number of nitrogens with one attached hydrogen (secondary N) is 3. The molecule has 1 amide bonds. The van der Waals surface area contributed by atoms with Crippen LogP contribution in [0.1, 0.15) is 38.5 Å². The Bertz CT molecular complexity index is 780. The largest absolute Gasteiger partial charge is 0.326 e. The fraction of sp³-hybridized carbons (Fsp3) is 0.632. The molecule has 4 rings (SSSR count). The maximum atomic E-state index is 13.0. The van der Waals surface area contributed by atoms with Crippen molar-refractivity contribution in [3.8, 4) is 0 Å².